The van der Waals surface area contributed by atoms with Gasteiger partial charge >= 0.3 is 6.03 Å². The summed E-state index contributed by atoms with van der Waals surface area (Å²) >= 11 is 0. The first kappa shape index (κ1) is 5.81. The highest BCUT2D eigenvalue weighted by Gasteiger charge is 2.12. The summed E-state index contributed by atoms with van der Waals surface area (Å²) in [5.74, 6) is -0.396. The Balaban J connectivity index is 2.79. The van der Waals surface area contributed by atoms with E-state index in [0.717, 1.165) is 0 Å². The van der Waals surface area contributed by atoms with E-state index in [-0.39, 0.29) is 0 Å². The molecule has 1 aliphatic rings. The van der Waals surface area contributed by atoms with Gasteiger partial charge in [0.05, 0.1) is 0 Å². The Kier molecular flexibility index (Phi) is 1.22. The summed E-state index contributed by atoms with van der Waals surface area (Å²) in [7, 11) is 0. The van der Waals surface area contributed by atoms with Crippen LogP contribution < -0.4 is 10.6 Å². The molecule has 4 heteroatoms. The average Bonchev–Trinajstić information content (AvgIpc) is 1.59. The van der Waals surface area contributed by atoms with Crippen molar-refractivity contribution in [3.8, 4) is 0 Å². The molecule has 9 heavy (non-hydrogen) atoms. The van der Waals surface area contributed by atoms with E-state index in [0.29, 0.717) is 5.70 Å². The molecule has 1 heterocycles. The fourth-order valence-corrected chi connectivity index (χ4v) is 0.552. The Morgan fingerprint density at radius 1 is 1.56 bits per heavy atom. The largest absolute Gasteiger partial charge is 0.348 e. The number of nitrogens with zero attached hydrogens (tertiary/aromatic N) is 1. The average molecular weight is 125 g/mol. The quantitative estimate of drug-likeness (QED) is 0.485. The number of carbonyl (C=O) groups is 2. The van der Waals surface area contributed by atoms with Crippen molar-refractivity contribution in [1.82, 2.24) is 10.6 Å². The minimum atomic E-state index is -0.583. The number of amides is 3. The van der Waals surface area contributed by atoms with E-state index in [1.54, 1.807) is 6.92 Å². The summed E-state index contributed by atoms with van der Waals surface area (Å²) < 4.78 is 0. The minimum Gasteiger partial charge on any atom is -0.273 e. The molecule has 0 aromatic heterocycles. The molecule has 1 rings (SSSR count). The van der Waals surface area contributed by atoms with Gasteiger partial charge < -0.3 is 0 Å². The third-order valence-corrected chi connectivity index (χ3v) is 0.848. The number of hydrogen-bond acceptors (Lipinski definition) is 2. The van der Waals surface area contributed by atoms with Crippen LogP contribution in [0.3, 0.4) is 0 Å². The van der Waals surface area contributed by atoms with Crippen LogP contribution in [0.15, 0.2) is 11.8 Å². The van der Waals surface area contributed by atoms with Gasteiger partial charge in [0.2, 0.25) is 0 Å². The number of urea groups is 1. The molecule has 0 saturated carbocycles. The molecule has 1 radical (unpaired) electrons. The van der Waals surface area contributed by atoms with Crippen LogP contribution in [0.5, 0.6) is 0 Å². The van der Waals surface area contributed by atoms with E-state index in [4.69, 9.17) is 0 Å². The molecule has 3 amide bonds. The molecule has 0 atom stereocenters. The second kappa shape index (κ2) is 1.89. The molecule has 0 unspecified atom stereocenters. The van der Waals surface area contributed by atoms with Crippen molar-refractivity contribution < 1.29 is 9.59 Å². The Morgan fingerprint density at radius 2 is 2.22 bits per heavy atom. The van der Waals surface area contributed by atoms with Crippen LogP contribution in [-0.2, 0) is 4.79 Å². The lowest BCUT2D eigenvalue weighted by Crippen LogP contribution is -2.38. The van der Waals surface area contributed by atoms with Crippen LogP contribution in [0.4, 0.5) is 4.79 Å². The predicted molar refractivity (Wildman–Crippen MR) is 29.4 cm³/mol. The summed E-state index contributed by atoms with van der Waals surface area (Å²) in [5.41, 5.74) is 0.448. The number of carbonyl (C=O) groups excluding carboxylic acids is 2. The number of allylic oxidation sites excluding steroid dienone is 1. The van der Waals surface area contributed by atoms with Crippen LogP contribution in [0.2, 0.25) is 0 Å². The summed E-state index contributed by atoms with van der Waals surface area (Å²) in [6.07, 6.45) is 1.27. The third kappa shape index (κ3) is 1.28. The number of hydrogen-bond donors (Lipinski definition) is 1. The van der Waals surface area contributed by atoms with Gasteiger partial charge in [0.15, 0.2) is 0 Å². The Hall–Kier alpha value is -1.32. The van der Waals surface area contributed by atoms with Gasteiger partial charge in [0, 0.05) is 11.8 Å². The van der Waals surface area contributed by atoms with Crippen molar-refractivity contribution in [3.05, 3.63) is 11.8 Å². The molecule has 1 aliphatic heterocycles. The Morgan fingerprint density at radius 3 is 2.67 bits per heavy atom. The van der Waals surface area contributed by atoms with Gasteiger partial charge in [0.25, 0.3) is 5.91 Å². The van der Waals surface area contributed by atoms with Crippen molar-refractivity contribution in [2.45, 2.75) is 6.92 Å². The van der Waals surface area contributed by atoms with Crippen LogP contribution in [0.1, 0.15) is 6.92 Å². The molecule has 47 valence electrons. The molecule has 1 N–H and O–H groups in total. The molecule has 0 aromatic rings. The first-order chi connectivity index (χ1) is 4.18. The maximum absolute atomic E-state index is 10.4. The van der Waals surface area contributed by atoms with Gasteiger partial charge in [-0.25, -0.2) is 4.79 Å². The minimum absolute atomic E-state index is 0.396. The van der Waals surface area contributed by atoms with Crippen LogP contribution >= 0.6 is 0 Å². The van der Waals surface area contributed by atoms with E-state index in [2.05, 4.69) is 5.32 Å². The normalized spacial score (nSPS) is 18.1. The monoisotopic (exact) mass is 125 g/mol. The predicted octanol–water partition coefficient (Wildman–Crippen LogP) is -0.256. The summed E-state index contributed by atoms with van der Waals surface area (Å²) in [6.45, 7) is 1.59. The smallest absolute Gasteiger partial charge is 0.273 e. The zero-order chi connectivity index (χ0) is 6.85. The lowest BCUT2D eigenvalue weighted by atomic mass is 10.4. The van der Waals surface area contributed by atoms with Gasteiger partial charge in [0.1, 0.15) is 0 Å². The third-order valence-electron chi connectivity index (χ3n) is 0.848. The molecule has 0 spiro atoms. The molecule has 4 nitrogen and oxygen atoms in total. The van der Waals surface area contributed by atoms with E-state index < -0.39 is 11.9 Å². The Labute approximate surface area is 51.9 Å². The molecular formula is C5H5N2O2. The highest BCUT2D eigenvalue weighted by atomic mass is 16.2. The zero-order valence-electron chi connectivity index (χ0n) is 4.84. The molecule has 0 fully saturated rings. The van der Waals surface area contributed by atoms with Crippen molar-refractivity contribution in [3.63, 3.8) is 0 Å². The van der Waals surface area contributed by atoms with Crippen molar-refractivity contribution in [1.29, 1.82) is 0 Å². The van der Waals surface area contributed by atoms with Gasteiger partial charge in [-0.15, -0.1) is 0 Å². The fraction of sp³-hybridized carbons (Fsp3) is 0.200. The maximum Gasteiger partial charge on any atom is 0.348 e. The molecule has 0 aromatic carbocycles. The standard InChI is InChI=1S/C5H5N2O2/c1-3-2-4(8)7-5(9)6-3/h2H,1H3,(H,7,8,9). The fourth-order valence-electron chi connectivity index (χ4n) is 0.552. The lowest BCUT2D eigenvalue weighted by molar-refractivity contribution is -0.115. The molecular weight excluding hydrogens is 120 g/mol. The van der Waals surface area contributed by atoms with E-state index in [9.17, 15) is 9.59 Å². The number of imide groups is 1. The first-order valence-corrected chi connectivity index (χ1v) is 2.43. The van der Waals surface area contributed by atoms with Gasteiger partial charge in [-0.1, -0.05) is 0 Å². The molecule has 0 aliphatic carbocycles. The topological polar surface area (TPSA) is 60.3 Å². The van der Waals surface area contributed by atoms with Crippen LogP contribution in [-0.4, -0.2) is 11.9 Å². The van der Waals surface area contributed by atoms with E-state index >= 15 is 0 Å². The van der Waals surface area contributed by atoms with Crippen molar-refractivity contribution in [2.24, 2.45) is 0 Å². The van der Waals surface area contributed by atoms with Gasteiger partial charge in [-0.05, 0) is 6.92 Å². The summed E-state index contributed by atoms with van der Waals surface area (Å²) in [5, 5.41) is 5.41. The summed E-state index contributed by atoms with van der Waals surface area (Å²) in [4.78, 5) is 20.8. The Bertz CT molecular complexity index is 195. The van der Waals surface area contributed by atoms with Crippen molar-refractivity contribution >= 4 is 11.9 Å². The van der Waals surface area contributed by atoms with Gasteiger partial charge in [-0.2, -0.15) is 5.32 Å². The summed E-state index contributed by atoms with van der Waals surface area (Å²) in [6, 6.07) is -0.583. The first-order valence-electron chi connectivity index (χ1n) is 2.43. The van der Waals surface area contributed by atoms with Crippen molar-refractivity contribution in [2.75, 3.05) is 0 Å². The van der Waals surface area contributed by atoms with E-state index in [1.165, 1.54) is 6.08 Å². The SMILES string of the molecule is CC1=CC(=O)NC(=O)[N]1. The zero-order valence-corrected chi connectivity index (χ0v) is 4.84. The van der Waals surface area contributed by atoms with Crippen LogP contribution in [0, 0.1) is 0 Å². The lowest BCUT2D eigenvalue weighted by Gasteiger charge is -2.06. The highest BCUT2D eigenvalue weighted by Crippen LogP contribution is 1.93. The second-order valence-electron chi connectivity index (χ2n) is 1.69. The van der Waals surface area contributed by atoms with Crippen LogP contribution in [0.25, 0.3) is 0 Å². The number of nitrogens with one attached hydrogen (secondary N) is 1. The van der Waals surface area contributed by atoms with Gasteiger partial charge in [-0.3, -0.25) is 10.1 Å². The second-order valence-corrected chi connectivity index (χ2v) is 1.69. The molecule has 0 bridgehead atoms. The highest BCUT2D eigenvalue weighted by molar-refractivity contribution is 6.03. The van der Waals surface area contributed by atoms with E-state index in [1.807, 2.05) is 5.32 Å². The molecule has 0 saturated heterocycles. The maximum atomic E-state index is 10.4. The number of rotatable bonds is 0.